The lowest BCUT2D eigenvalue weighted by Crippen LogP contribution is -2.28. The van der Waals surface area contributed by atoms with Gasteiger partial charge in [0, 0.05) is 13.7 Å². The average Bonchev–Trinajstić information content (AvgIpc) is 2.53. The first-order valence-electron chi connectivity index (χ1n) is 7.82. The number of nitrogens with one attached hydrogen (secondary N) is 1. The fourth-order valence-electron chi connectivity index (χ4n) is 2.75. The average molecular weight is 293 g/mol. The Labute approximate surface area is 127 Å². The van der Waals surface area contributed by atoms with Crippen molar-refractivity contribution in [1.82, 2.24) is 5.32 Å². The van der Waals surface area contributed by atoms with E-state index in [9.17, 15) is 0 Å². The van der Waals surface area contributed by atoms with Gasteiger partial charge in [0.2, 0.25) is 0 Å². The maximum Gasteiger partial charge on any atom is 0.119 e. The fraction of sp³-hybridized carbons (Fsp3) is 0.647. The minimum atomic E-state index is 0.324. The number of benzene rings is 1. The van der Waals surface area contributed by atoms with Gasteiger partial charge < -0.3 is 19.5 Å². The first-order chi connectivity index (χ1) is 10.3. The Morgan fingerprint density at radius 3 is 2.57 bits per heavy atom. The van der Waals surface area contributed by atoms with Crippen molar-refractivity contribution in [1.29, 1.82) is 0 Å². The maximum absolute atomic E-state index is 5.88. The van der Waals surface area contributed by atoms with Crippen LogP contribution in [0.1, 0.15) is 31.2 Å². The molecule has 1 aliphatic carbocycles. The highest BCUT2D eigenvalue weighted by Crippen LogP contribution is 2.23. The van der Waals surface area contributed by atoms with Gasteiger partial charge >= 0.3 is 0 Å². The number of ether oxygens (including phenoxy) is 3. The topological polar surface area (TPSA) is 39.7 Å². The van der Waals surface area contributed by atoms with Crippen molar-refractivity contribution in [3.05, 3.63) is 29.8 Å². The second kappa shape index (κ2) is 9.03. The number of methoxy groups -OCH3 is 1. The van der Waals surface area contributed by atoms with E-state index in [2.05, 4.69) is 17.4 Å². The molecule has 0 saturated heterocycles. The van der Waals surface area contributed by atoms with E-state index in [4.69, 9.17) is 14.2 Å². The highest BCUT2D eigenvalue weighted by molar-refractivity contribution is 5.27. The quantitative estimate of drug-likeness (QED) is 0.748. The summed E-state index contributed by atoms with van der Waals surface area (Å²) in [7, 11) is 3.73. The molecule has 0 aromatic heterocycles. The predicted molar refractivity (Wildman–Crippen MR) is 83.7 cm³/mol. The third-order valence-corrected chi connectivity index (χ3v) is 3.92. The molecule has 21 heavy (non-hydrogen) atoms. The Bertz CT molecular complexity index is 394. The van der Waals surface area contributed by atoms with Gasteiger partial charge in [-0.15, -0.1) is 0 Å². The molecule has 1 saturated carbocycles. The lowest BCUT2D eigenvalue weighted by molar-refractivity contribution is -0.0362. The van der Waals surface area contributed by atoms with Crippen LogP contribution in [0.5, 0.6) is 5.75 Å². The molecular formula is C17H27NO3. The van der Waals surface area contributed by atoms with E-state index in [1.807, 2.05) is 19.2 Å². The van der Waals surface area contributed by atoms with Crippen LogP contribution in [0.25, 0.3) is 0 Å². The zero-order valence-corrected chi connectivity index (χ0v) is 13.1. The highest BCUT2D eigenvalue weighted by Gasteiger charge is 2.21. The summed E-state index contributed by atoms with van der Waals surface area (Å²) in [5, 5.41) is 3.13. The van der Waals surface area contributed by atoms with Gasteiger partial charge in [-0.25, -0.2) is 0 Å². The molecule has 1 aromatic carbocycles. The summed E-state index contributed by atoms with van der Waals surface area (Å²) in [6.07, 6.45) is 5.19. The van der Waals surface area contributed by atoms with Crippen LogP contribution in [-0.2, 0) is 16.0 Å². The molecule has 0 radical (unpaired) electrons. The van der Waals surface area contributed by atoms with Crippen LogP contribution >= 0.6 is 0 Å². The fourth-order valence-corrected chi connectivity index (χ4v) is 2.75. The van der Waals surface area contributed by atoms with Gasteiger partial charge in [0.05, 0.1) is 18.8 Å². The van der Waals surface area contributed by atoms with E-state index >= 15 is 0 Å². The number of rotatable bonds is 8. The molecule has 2 atom stereocenters. The van der Waals surface area contributed by atoms with Crippen LogP contribution in [0.2, 0.25) is 0 Å². The Morgan fingerprint density at radius 1 is 1.10 bits per heavy atom. The summed E-state index contributed by atoms with van der Waals surface area (Å²) in [6, 6.07) is 8.18. The smallest absolute Gasteiger partial charge is 0.119 e. The SMILES string of the molecule is CNCc1ccc(OCCOC2CCCC(OC)C2)cc1. The van der Waals surface area contributed by atoms with Gasteiger partial charge in [0.1, 0.15) is 12.4 Å². The van der Waals surface area contributed by atoms with Gasteiger partial charge in [0.15, 0.2) is 0 Å². The largest absolute Gasteiger partial charge is 0.491 e. The molecule has 0 amide bonds. The first kappa shape index (κ1) is 16.3. The monoisotopic (exact) mass is 293 g/mol. The summed E-state index contributed by atoms with van der Waals surface area (Å²) >= 11 is 0. The summed E-state index contributed by atoms with van der Waals surface area (Å²) in [5.41, 5.74) is 1.26. The Morgan fingerprint density at radius 2 is 1.86 bits per heavy atom. The van der Waals surface area contributed by atoms with Crippen LogP contribution in [-0.4, -0.2) is 39.6 Å². The van der Waals surface area contributed by atoms with Crippen molar-refractivity contribution in [2.45, 2.75) is 44.4 Å². The second-order valence-electron chi connectivity index (χ2n) is 5.54. The number of hydrogen-bond acceptors (Lipinski definition) is 4. The molecule has 0 bridgehead atoms. The van der Waals surface area contributed by atoms with Gasteiger partial charge in [-0.3, -0.25) is 0 Å². The van der Waals surface area contributed by atoms with E-state index in [-0.39, 0.29) is 0 Å². The molecule has 4 nitrogen and oxygen atoms in total. The van der Waals surface area contributed by atoms with Gasteiger partial charge in [-0.05, 0) is 50.4 Å². The standard InChI is InChI=1S/C17H27NO3/c1-18-13-14-6-8-15(9-7-14)20-10-11-21-17-5-3-4-16(12-17)19-2/h6-9,16-18H,3-5,10-13H2,1-2H3. The Balaban J connectivity index is 1.62. The zero-order chi connectivity index (χ0) is 14.9. The van der Waals surface area contributed by atoms with Crippen molar-refractivity contribution in [2.24, 2.45) is 0 Å². The van der Waals surface area contributed by atoms with Crippen molar-refractivity contribution in [3.8, 4) is 5.75 Å². The van der Waals surface area contributed by atoms with Crippen LogP contribution in [0.15, 0.2) is 24.3 Å². The Kier molecular flexibility index (Phi) is 7.00. The third-order valence-electron chi connectivity index (χ3n) is 3.92. The molecule has 2 unspecified atom stereocenters. The lowest BCUT2D eigenvalue weighted by Gasteiger charge is -2.28. The molecular weight excluding hydrogens is 266 g/mol. The van der Waals surface area contributed by atoms with E-state index in [0.717, 1.165) is 31.6 Å². The van der Waals surface area contributed by atoms with Crippen LogP contribution < -0.4 is 10.1 Å². The van der Waals surface area contributed by atoms with Crippen molar-refractivity contribution >= 4 is 0 Å². The summed E-state index contributed by atoms with van der Waals surface area (Å²) in [4.78, 5) is 0. The number of hydrogen-bond donors (Lipinski definition) is 1. The molecule has 0 aliphatic heterocycles. The highest BCUT2D eigenvalue weighted by atomic mass is 16.5. The summed E-state index contributed by atoms with van der Waals surface area (Å²) in [5.74, 6) is 0.900. The maximum atomic E-state index is 5.88. The molecule has 1 N–H and O–H groups in total. The van der Waals surface area contributed by atoms with E-state index in [0.29, 0.717) is 25.4 Å². The van der Waals surface area contributed by atoms with Crippen LogP contribution in [0.3, 0.4) is 0 Å². The molecule has 1 fully saturated rings. The molecule has 4 heteroatoms. The van der Waals surface area contributed by atoms with Crippen LogP contribution in [0.4, 0.5) is 0 Å². The van der Waals surface area contributed by atoms with Gasteiger partial charge in [0.25, 0.3) is 0 Å². The molecule has 0 heterocycles. The predicted octanol–water partition coefficient (Wildman–Crippen LogP) is 2.76. The van der Waals surface area contributed by atoms with Crippen molar-refractivity contribution in [3.63, 3.8) is 0 Å². The minimum Gasteiger partial charge on any atom is -0.491 e. The molecule has 1 aliphatic rings. The summed E-state index contributed by atoms with van der Waals surface area (Å²) in [6.45, 7) is 2.12. The zero-order valence-electron chi connectivity index (χ0n) is 13.1. The summed E-state index contributed by atoms with van der Waals surface area (Å²) < 4.78 is 17.0. The third kappa shape index (κ3) is 5.65. The second-order valence-corrected chi connectivity index (χ2v) is 5.54. The van der Waals surface area contributed by atoms with E-state index in [1.165, 1.54) is 12.0 Å². The van der Waals surface area contributed by atoms with Gasteiger partial charge in [-0.1, -0.05) is 12.1 Å². The molecule has 2 rings (SSSR count). The van der Waals surface area contributed by atoms with E-state index in [1.54, 1.807) is 7.11 Å². The molecule has 118 valence electrons. The van der Waals surface area contributed by atoms with Crippen molar-refractivity contribution in [2.75, 3.05) is 27.4 Å². The van der Waals surface area contributed by atoms with Gasteiger partial charge in [-0.2, -0.15) is 0 Å². The molecule has 0 spiro atoms. The Hall–Kier alpha value is -1.10. The molecule has 1 aromatic rings. The van der Waals surface area contributed by atoms with E-state index < -0.39 is 0 Å². The lowest BCUT2D eigenvalue weighted by atomic mass is 9.95. The minimum absolute atomic E-state index is 0.324. The van der Waals surface area contributed by atoms with Crippen LogP contribution in [0, 0.1) is 0 Å². The van der Waals surface area contributed by atoms with Crippen molar-refractivity contribution < 1.29 is 14.2 Å². The first-order valence-corrected chi connectivity index (χ1v) is 7.82. The normalized spacial score (nSPS) is 22.2.